The van der Waals surface area contributed by atoms with Crippen LogP contribution in [0.3, 0.4) is 0 Å². The standard InChI is InChI=1S/C11H22N2O.H2/c1-9(2)12-8-11-4-6-13(7-5-11)10(3)14;/h9,11-12H,4-8H2,1-3H3;1H. The number of likely N-dealkylation sites (tertiary alicyclic amines) is 1. The molecule has 3 heteroatoms. The zero-order valence-electron chi connectivity index (χ0n) is 9.55. The number of piperidine rings is 1. The molecule has 3 nitrogen and oxygen atoms in total. The Bertz CT molecular complexity index is 189. The van der Waals surface area contributed by atoms with Crippen LogP contribution in [0.15, 0.2) is 0 Å². The van der Waals surface area contributed by atoms with Gasteiger partial charge in [-0.25, -0.2) is 0 Å². The van der Waals surface area contributed by atoms with E-state index in [1.807, 2.05) is 4.90 Å². The van der Waals surface area contributed by atoms with Gasteiger partial charge in [0.25, 0.3) is 0 Å². The Kier molecular flexibility index (Phi) is 4.39. The predicted molar refractivity (Wildman–Crippen MR) is 60.2 cm³/mol. The van der Waals surface area contributed by atoms with Crippen LogP contribution in [0.5, 0.6) is 0 Å². The highest BCUT2D eigenvalue weighted by molar-refractivity contribution is 5.73. The highest BCUT2D eigenvalue weighted by atomic mass is 16.2. The minimum Gasteiger partial charge on any atom is -0.343 e. The molecule has 0 radical (unpaired) electrons. The van der Waals surface area contributed by atoms with E-state index >= 15 is 0 Å². The SMILES string of the molecule is CC(=O)N1CCC(CNC(C)C)CC1.[HH]. The molecule has 0 bridgehead atoms. The molecule has 0 atom stereocenters. The van der Waals surface area contributed by atoms with Gasteiger partial charge in [-0.05, 0) is 25.3 Å². The topological polar surface area (TPSA) is 32.3 Å². The monoisotopic (exact) mass is 200 g/mol. The van der Waals surface area contributed by atoms with Crippen LogP contribution in [-0.2, 0) is 4.79 Å². The fourth-order valence-corrected chi connectivity index (χ4v) is 1.85. The van der Waals surface area contributed by atoms with Gasteiger partial charge >= 0.3 is 0 Å². The Labute approximate surface area is 88.3 Å². The third kappa shape index (κ3) is 3.66. The van der Waals surface area contributed by atoms with Crippen molar-refractivity contribution in [2.75, 3.05) is 19.6 Å². The molecule has 1 rings (SSSR count). The lowest BCUT2D eigenvalue weighted by Crippen LogP contribution is -2.40. The van der Waals surface area contributed by atoms with Crippen molar-refractivity contribution in [3.63, 3.8) is 0 Å². The average Bonchev–Trinajstić information content (AvgIpc) is 2.15. The summed E-state index contributed by atoms with van der Waals surface area (Å²) >= 11 is 0. The number of rotatable bonds is 3. The van der Waals surface area contributed by atoms with Crippen LogP contribution in [0.25, 0.3) is 0 Å². The lowest BCUT2D eigenvalue weighted by Gasteiger charge is -2.31. The molecule has 0 aromatic heterocycles. The van der Waals surface area contributed by atoms with Gasteiger partial charge in [0.1, 0.15) is 0 Å². The molecule has 1 aliphatic heterocycles. The number of hydrogen-bond donors (Lipinski definition) is 1. The Balaban J connectivity index is 0.00000196. The van der Waals surface area contributed by atoms with Crippen molar-refractivity contribution in [3.05, 3.63) is 0 Å². The summed E-state index contributed by atoms with van der Waals surface area (Å²) in [6.07, 6.45) is 2.30. The molecule has 1 saturated heterocycles. The normalized spacial score (nSPS) is 19.0. The Morgan fingerprint density at radius 2 is 2.07 bits per heavy atom. The van der Waals surface area contributed by atoms with E-state index in [1.54, 1.807) is 6.92 Å². The molecule has 1 N–H and O–H groups in total. The van der Waals surface area contributed by atoms with E-state index in [9.17, 15) is 4.79 Å². The summed E-state index contributed by atoms with van der Waals surface area (Å²) in [7, 11) is 0. The number of nitrogens with zero attached hydrogens (tertiary/aromatic N) is 1. The van der Waals surface area contributed by atoms with Gasteiger partial charge in [0, 0.05) is 27.5 Å². The fraction of sp³-hybridized carbons (Fsp3) is 0.909. The smallest absolute Gasteiger partial charge is 0.219 e. The molecule has 14 heavy (non-hydrogen) atoms. The maximum absolute atomic E-state index is 11.1. The molecular weight excluding hydrogens is 176 g/mol. The molecule has 0 aliphatic carbocycles. The van der Waals surface area contributed by atoms with Crippen molar-refractivity contribution in [1.29, 1.82) is 0 Å². The maximum Gasteiger partial charge on any atom is 0.219 e. The number of carbonyl (C=O) groups excluding carboxylic acids is 1. The second-order valence-corrected chi connectivity index (χ2v) is 4.51. The molecular formula is C11H24N2O. The Hall–Kier alpha value is -0.570. The summed E-state index contributed by atoms with van der Waals surface area (Å²) in [6, 6.07) is 0.570. The van der Waals surface area contributed by atoms with Gasteiger partial charge in [0.15, 0.2) is 0 Å². The molecule has 0 saturated carbocycles. The van der Waals surface area contributed by atoms with Crippen LogP contribution in [0.1, 0.15) is 35.0 Å². The van der Waals surface area contributed by atoms with Crippen molar-refractivity contribution in [1.82, 2.24) is 10.2 Å². The van der Waals surface area contributed by atoms with Crippen LogP contribution in [-0.4, -0.2) is 36.5 Å². The van der Waals surface area contributed by atoms with Crippen molar-refractivity contribution in [3.8, 4) is 0 Å². The highest BCUT2D eigenvalue weighted by Gasteiger charge is 2.20. The summed E-state index contributed by atoms with van der Waals surface area (Å²) in [5.41, 5.74) is 0. The van der Waals surface area contributed by atoms with Gasteiger partial charge in [-0.3, -0.25) is 4.79 Å². The van der Waals surface area contributed by atoms with E-state index in [2.05, 4.69) is 19.2 Å². The van der Waals surface area contributed by atoms with Crippen LogP contribution in [0.4, 0.5) is 0 Å². The van der Waals surface area contributed by atoms with Gasteiger partial charge in [0.05, 0.1) is 0 Å². The molecule has 0 unspecified atom stereocenters. The molecule has 1 aliphatic rings. The molecule has 84 valence electrons. The maximum atomic E-state index is 11.1. The first-order chi connectivity index (χ1) is 6.59. The second-order valence-electron chi connectivity index (χ2n) is 4.51. The van der Waals surface area contributed by atoms with Crippen molar-refractivity contribution < 1.29 is 6.22 Å². The first-order valence-corrected chi connectivity index (χ1v) is 5.58. The number of nitrogens with one attached hydrogen (secondary N) is 1. The largest absolute Gasteiger partial charge is 0.343 e. The number of hydrogen-bond acceptors (Lipinski definition) is 2. The zero-order chi connectivity index (χ0) is 10.6. The molecule has 1 fully saturated rings. The van der Waals surface area contributed by atoms with Gasteiger partial charge in [-0.1, -0.05) is 13.8 Å². The van der Waals surface area contributed by atoms with Crippen molar-refractivity contribution >= 4 is 5.91 Å². The first-order valence-electron chi connectivity index (χ1n) is 5.58. The highest BCUT2D eigenvalue weighted by Crippen LogP contribution is 2.16. The van der Waals surface area contributed by atoms with Crippen LogP contribution < -0.4 is 5.32 Å². The Morgan fingerprint density at radius 3 is 2.50 bits per heavy atom. The fourth-order valence-electron chi connectivity index (χ4n) is 1.85. The number of amides is 1. The lowest BCUT2D eigenvalue weighted by atomic mass is 9.96. The van der Waals surface area contributed by atoms with Gasteiger partial charge in [0.2, 0.25) is 5.91 Å². The van der Waals surface area contributed by atoms with E-state index in [-0.39, 0.29) is 7.33 Å². The summed E-state index contributed by atoms with van der Waals surface area (Å²) < 4.78 is 0. The van der Waals surface area contributed by atoms with Crippen molar-refractivity contribution in [2.24, 2.45) is 5.92 Å². The summed E-state index contributed by atoms with van der Waals surface area (Å²) in [5, 5.41) is 3.46. The number of carbonyl (C=O) groups is 1. The van der Waals surface area contributed by atoms with Crippen LogP contribution >= 0.6 is 0 Å². The van der Waals surface area contributed by atoms with E-state index in [4.69, 9.17) is 0 Å². The predicted octanol–water partition coefficient (Wildman–Crippen LogP) is 1.49. The van der Waals surface area contributed by atoms with Crippen LogP contribution in [0, 0.1) is 5.92 Å². The molecule has 0 spiro atoms. The molecule has 0 aromatic rings. The van der Waals surface area contributed by atoms with Crippen molar-refractivity contribution in [2.45, 2.75) is 39.7 Å². The van der Waals surface area contributed by atoms with E-state index in [0.717, 1.165) is 38.4 Å². The van der Waals surface area contributed by atoms with Crippen LogP contribution in [0.2, 0.25) is 0 Å². The van der Waals surface area contributed by atoms with Gasteiger partial charge in [-0.15, -0.1) is 0 Å². The van der Waals surface area contributed by atoms with E-state index in [1.165, 1.54) is 0 Å². The van der Waals surface area contributed by atoms with Gasteiger partial charge < -0.3 is 10.2 Å². The van der Waals surface area contributed by atoms with E-state index < -0.39 is 0 Å². The first kappa shape index (κ1) is 11.5. The second kappa shape index (κ2) is 5.35. The third-order valence-electron chi connectivity index (χ3n) is 2.87. The summed E-state index contributed by atoms with van der Waals surface area (Å²) in [4.78, 5) is 13.0. The molecule has 1 amide bonds. The van der Waals surface area contributed by atoms with Gasteiger partial charge in [-0.2, -0.15) is 0 Å². The quantitative estimate of drug-likeness (QED) is 0.748. The Morgan fingerprint density at radius 1 is 1.50 bits per heavy atom. The minimum absolute atomic E-state index is 0. The zero-order valence-corrected chi connectivity index (χ0v) is 9.55. The lowest BCUT2D eigenvalue weighted by molar-refractivity contribution is -0.130. The molecule has 0 aromatic carbocycles. The third-order valence-corrected chi connectivity index (χ3v) is 2.87. The summed E-state index contributed by atoms with van der Waals surface area (Å²) in [5.74, 6) is 0.980. The molecule has 1 heterocycles. The van der Waals surface area contributed by atoms with E-state index in [0.29, 0.717) is 6.04 Å². The summed E-state index contributed by atoms with van der Waals surface area (Å²) in [6.45, 7) is 8.99. The average molecular weight is 200 g/mol. The minimum atomic E-state index is 0.